The van der Waals surface area contributed by atoms with Crippen molar-refractivity contribution in [3.05, 3.63) is 21.4 Å². The molecule has 0 aliphatic carbocycles. The third-order valence-corrected chi connectivity index (χ3v) is 3.33. The van der Waals surface area contributed by atoms with E-state index in [-0.39, 0.29) is 5.38 Å². The Labute approximate surface area is 77.2 Å². The van der Waals surface area contributed by atoms with Gasteiger partial charge in [-0.3, -0.25) is 0 Å². The molecule has 0 N–H and O–H groups in total. The van der Waals surface area contributed by atoms with Crippen LogP contribution in [-0.4, -0.2) is 0 Å². The van der Waals surface area contributed by atoms with Gasteiger partial charge in [-0.1, -0.05) is 6.92 Å². The fourth-order valence-electron chi connectivity index (χ4n) is 1.20. The zero-order valence-corrected chi connectivity index (χ0v) is 8.72. The van der Waals surface area contributed by atoms with Gasteiger partial charge in [-0.2, -0.15) is 0 Å². The average Bonchev–Trinajstić information content (AvgIpc) is 2.30. The Bertz CT molecular complexity index is 238. The average molecular weight is 189 g/mol. The standard InChI is InChI=1S/C9H13ClS/c1-4-8-5-6(2)11-9(8)7(3)10/h5,7H,4H2,1-3H3. The van der Waals surface area contributed by atoms with Crippen molar-refractivity contribution in [3.63, 3.8) is 0 Å². The van der Waals surface area contributed by atoms with Gasteiger partial charge in [0.2, 0.25) is 0 Å². The molecule has 11 heavy (non-hydrogen) atoms. The first-order chi connectivity index (χ1) is 5.15. The summed E-state index contributed by atoms with van der Waals surface area (Å²) >= 11 is 7.83. The topological polar surface area (TPSA) is 0 Å². The van der Waals surface area contributed by atoms with E-state index in [1.165, 1.54) is 15.3 Å². The number of hydrogen-bond donors (Lipinski definition) is 0. The minimum atomic E-state index is 0.170. The van der Waals surface area contributed by atoms with E-state index < -0.39 is 0 Å². The maximum absolute atomic E-state index is 6.01. The molecule has 1 rings (SSSR count). The first-order valence-electron chi connectivity index (χ1n) is 3.88. The summed E-state index contributed by atoms with van der Waals surface area (Å²) in [4.78, 5) is 2.70. The van der Waals surface area contributed by atoms with E-state index in [1.54, 1.807) is 0 Å². The molecular weight excluding hydrogens is 176 g/mol. The second-order valence-corrected chi connectivity index (χ2v) is 4.66. The van der Waals surface area contributed by atoms with Crippen LogP contribution < -0.4 is 0 Å². The predicted octanol–water partition coefficient (Wildman–Crippen LogP) is 3.92. The molecule has 0 radical (unpaired) electrons. The minimum Gasteiger partial charge on any atom is -0.144 e. The van der Waals surface area contributed by atoms with Gasteiger partial charge >= 0.3 is 0 Å². The molecule has 0 amide bonds. The summed E-state index contributed by atoms with van der Waals surface area (Å²) in [5, 5.41) is 0.170. The Hall–Kier alpha value is -0.0100. The Morgan fingerprint density at radius 2 is 2.27 bits per heavy atom. The van der Waals surface area contributed by atoms with E-state index in [0.29, 0.717) is 0 Å². The molecule has 0 spiro atoms. The summed E-state index contributed by atoms with van der Waals surface area (Å²) in [6, 6.07) is 2.24. The van der Waals surface area contributed by atoms with Crippen molar-refractivity contribution in [3.8, 4) is 0 Å². The lowest BCUT2D eigenvalue weighted by Gasteiger charge is -2.01. The summed E-state index contributed by atoms with van der Waals surface area (Å²) in [5.74, 6) is 0. The molecule has 1 aromatic rings. The Balaban J connectivity index is 3.02. The van der Waals surface area contributed by atoms with Crippen molar-refractivity contribution >= 4 is 22.9 Å². The molecule has 0 aliphatic heterocycles. The maximum atomic E-state index is 6.01. The van der Waals surface area contributed by atoms with Crippen LogP contribution in [0.15, 0.2) is 6.07 Å². The fraction of sp³-hybridized carbons (Fsp3) is 0.556. The molecule has 0 aromatic carbocycles. The lowest BCUT2D eigenvalue weighted by Crippen LogP contribution is -1.84. The molecule has 0 saturated carbocycles. The minimum absolute atomic E-state index is 0.170. The molecule has 0 aliphatic rings. The van der Waals surface area contributed by atoms with E-state index >= 15 is 0 Å². The zero-order chi connectivity index (χ0) is 8.43. The van der Waals surface area contributed by atoms with Crippen LogP contribution in [0.5, 0.6) is 0 Å². The first kappa shape index (κ1) is 9.08. The molecule has 62 valence electrons. The number of alkyl halides is 1. The molecule has 0 saturated heterocycles. The van der Waals surface area contributed by atoms with Gasteiger partial charge in [-0.05, 0) is 31.9 Å². The third-order valence-electron chi connectivity index (χ3n) is 1.71. The summed E-state index contributed by atoms with van der Waals surface area (Å²) in [6.45, 7) is 6.34. The van der Waals surface area contributed by atoms with Crippen LogP contribution in [0, 0.1) is 6.92 Å². The molecule has 0 fully saturated rings. The van der Waals surface area contributed by atoms with Crippen molar-refractivity contribution in [2.45, 2.75) is 32.6 Å². The second kappa shape index (κ2) is 3.59. The molecule has 2 heteroatoms. The van der Waals surface area contributed by atoms with Crippen molar-refractivity contribution in [1.82, 2.24) is 0 Å². The Morgan fingerprint density at radius 3 is 2.64 bits per heavy atom. The number of thiophene rings is 1. The van der Waals surface area contributed by atoms with Gasteiger partial charge in [0.15, 0.2) is 0 Å². The highest BCUT2D eigenvalue weighted by molar-refractivity contribution is 7.12. The number of aryl methyl sites for hydroxylation is 2. The molecule has 0 nitrogen and oxygen atoms in total. The van der Waals surface area contributed by atoms with Gasteiger partial charge in [0, 0.05) is 9.75 Å². The van der Waals surface area contributed by atoms with Crippen LogP contribution in [0.3, 0.4) is 0 Å². The molecule has 1 heterocycles. The largest absolute Gasteiger partial charge is 0.144 e. The third kappa shape index (κ3) is 1.97. The number of halogens is 1. The predicted molar refractivity (Wildman–Crippen MR) is 52.7 cm³/mol. The smallest absolute Gasteiger partial charge is 0.0653 e. The Kier molecular flexibility index (Phi) is 2.97. The molecule has 0 bridgehead atoms. The van der Waals surface area contributed by atoms with Gasteiger partial charge in [-0.25, -0.2) is 0 Å². The van der Waals surface area contributed by atoms with Crippen LogP contribution in [0.4, 0.5) is 0 Å². The van der Waals surface area contributed by atoms with Crippen LogP contribution in [-0.2, 0) is 6.42 Å². The first-order valence-corrected chi connectivity index (χ1v) is 5.13. The van der Waals surface area contributed by atoms with E-state index in [1.807, 2.05) is 18.3 Å². The van der Waals surface area contributed by atoms with Crippen LogP contribution in [0.1, 0.15) is 34.5 Å². The van der Waals surface area contributed by atoms with Crippen molar-refractivity contribution < 1.29 is 0 Å². The van der Waals surface area contributed by atoms with E-state index in [4.69, 9.17) is 11.6 Å². The maximum Gasteiger partial charge on any atom is 0.0653 e. The van der Waals surface area contributed by atoms with Crippen molar-refractivity contribution in [2.75, 3.05) is 0 Å². The summed E-state index contributed by atoms with van der Waals surface area (Å²) < 4.78 is 0. The quantitative estimate of drug-likeness (QED) is 0.618. The summed E-state index contributed by atoms with van der Waals surface area (Å²) in [7, 11) is 0. The van der Waals surface area contributed by atoms with E-state index in [2.05, 4.69) is 19.9 Å². The van der Waals surface area contributed by atoms with Gasteiger partial charge in [0.25, 0.3) is 0 Å². The second-order valence-electron chi connectivity index (χ2n) is 2.72. The SMILES string of the molecule is CCc1cc(C)sc1C(C)Cl. The highest BCUT2D eigenvalue weighted by Gasteiger charge is 2.09. The van der Waals surface area contributed by atoms with Crippen molar-refractivity contribution in [2.24, 2.45) is 0 Å². The van der Waals surface area contributed by atoms with Crippen LogP contribution >= 0.6 is 22.9 Å². The van der Waals surface area contributed by atoms with Crippen LogP contribution in [0.25, 0.3) is 0 Å². The van der Waals surface area contributed by atoms with Gasteiger partial charge in [0.05, 0.1) is 5.38 Å². The normalized spacial score (nSPS) is 13.5. The number of rotatable bonds is 2. The summed E-state index contributed by atoms with van der Waals surface area (Å²) in [6.07, 6.45) is 1.09. The monoisotopic (exact) mass is 188 g/mol. The Morgan fingerprint density at radius 1 is 1.64 bits per heavy atom. The molecule has 1 atom stereocenters. The lowest BCUT2D eigenvalue weighted by molar-refractivity contribution is 1.04. The van der Waals surface area contributed by atoms with Gasteiger partial charge in [-0.15, -0.1) is 22.9 Å². The van der Waals surface area contributed by atoms with Gasteiger partial charge < -0.3 is 0 Å². The molecule has 1 unspecified atom stereocenters. The van der Waals surface area contributed by atoms with E-state index in [0.717, 1.165) is 6.42 Å². The summed E-state index contributed by atoms with van der Waals surface area (Å²) in [5.41, 5.74) is 1.41. The highest BCUT2D eigenvalue weighted by atomic mass is 35.5. The molecule has 1 aromatic heterocycles. The zero-order valence-electron chi connectivity index (χ0n) is 7.15. The highest BCUT2D eigenvalue weighted by Crippen LogP contribution is 2.31. The lowest BCUT2D eigenvalue weighted by atomic mass is 10.1. The molecular formula is C9H13ClS. The van der Waals surface area contributed by atoms with E-state index in [9.17, 15) is 0 Å². The number of hydrogen-bond acceptors (Lipinski definition) is 1. The van der Waals surface area contributed by atoms with Crippen LogP contribution in [0.2, 0.25) is 0 Å². The van der Waals surface area contributed by atoms with Crippen molar-refractivity contribution in [1.29, 1.82) is 0 Å². The van der Waals surface area contributed by atoms with Gasteiger partial charge in [0.1, 0.15) is 0 Å². The fourth-order valence-corrected chi connectivity index (χ4v) is 2.52.